The first-order chi connectivity index (χ1) is 18.0. The van der Waals surface area contributed by atoms with E-state index < -0.39 is 9.84 Å². The first kappa shape index (κ1) is 25.7. The Balaban J connectivity index is 1.47. The maximum absolute atomic E-state index is 13.6. The molecule has 0 bridgehead atoms. The minimum absolute atomic E-state index is 0.0251. The van der Waals surface area contributed by atoms with Crippen molar-refractivity contribution in [3.63, 3.8) is 0 Å². The number of imidazole rings is 1. The number of hydrogen-bond donors (Lipinski definition) is 0. The molecule has 1 aliphatic carbocycles. The fraction of sp³-hybridized carbons (Fsp3) is 0.448. The second-order valence-corrected chi connectivity index (χ2v) is 12.1. The summed E-state index contributed by atoms with van der Waals surface area (Å²) in [7, 11) is -3.71. The van der Waals surface area contributed by atoms with E-state index in [9.17, 15) is 13.2 Å². The fourth-order valence-corrected chi connectivity index (χ4v) is 6.94. The molecule has 1 saturated heterocycles. The number of benzene rings is 2. The van der Waals surface area contributed by atoms with Crippen LogP contribution in [0.3, 0.4) is 0 Å². The van der Waals surface area contributed by atoms with Gasteiger partial charge in [0.1, 0.15) is 0 Å². The summed E-state index contributed by atoms with van der Waals surface area (Å²) in [5, 5.41) is 0.0422. The van der Waals surface area contributed by atoms with Gasteiger partial charge in [0.2, 0.25) is 20.9 Å². The smallest absolute Gasteiger partial charge is 0.228 e. The molecule has 8 heteroatoms. The van der Waals surface area contributed by atoms with Crippen LogP contribution in [-0.4, -0.2) is 48.0 Å². The van der Waals surface area contributed by atoms with E-state index in [1.807, 2.05) is 65.6 Å². The van der Waals surface area contributed by atoms with E-state index in [0.717, 1.165) is 62.0 Å². The lowest BCUT2D eigenvalue weighted by molar-refractivity contribution is -0.137. The Bertz CT molecular complexity index is 1280. The number of sulfone groups is 1. The summed E-state index contributed by atoms with van der Waals surface area (Å²) in [5.74, 6) is 0.0574. The van der Waals surface area contributed by atoms with Crippen LogP contribution in [0.2, 0.25) is 0 Å². The van der Waals surface area contributed by atoms with Crippen molar-refractivity contribution in [3.8, 4) is 0 Å². The molecule has 1 aromatic heterocycles. The molecular formula is C29H35N3O4S. The van der Waals surface area contributed by atoms with Gasteiger partial charge < -0.3 is 14.2 Å². The quantitative estimate of drug-likeness (QED) is 0.389. The predicted octanol–water partition coefficient (Wildman–Crippen LogP) is 4.60. The standard InChI is InChI=1S/C29H35N3O4S/c33-28(25-14-7-8-15-25)31(21-27-16-9-17-36-27)20-26-18-30-29(32(26)19-23-10-3-1-4-11-23)37(34,35)22-24-12-5-2-6-13-24/h1-6,10-13,18,25,27H,7-9,14-17,19-22H2/t27-/m1/s1. The Kier molecular flexibility index (Phi) is 8.05. The average molecular weight is 522 g/mol. The van der Waals surface area contributed by atoms with E-state index in [4.69, 9.17) is 4.74 Å². The third-order valence-corrected chi connectivity index (χ3v) is 8.98. The molecule has 1 amide bonds. The van der Waals surface area contributed by atoms with Crippen LogP contribution < -0.4 is 0 Å². The Labute approximate surface area is 219 Å². The molecule has 0 radical (unpaired) electrons. The van der Waals surface area contributed by atoms with Gasteiger partial charge in [0.15, 0.2) is 0 Å². The van der Waals surface area contributed by atoms with Crippen LogP contribution in [0.15, 0.2) is 72.0 Å². The van der Waals surface area contributed by atoms with Crippen molar-refractivity contribution in [2.45, 2.75) is 68.6 Å². The summed E-state index contributed by atoms with van der Waals surface area (Å²) in [5.41, 5.74) is 2.42. The van der Waals surface area contributed by atoms with Gasteiger partial charge in [-0.3, -0.25) is 4.79 Å². The molecule has 0 unspecified atom stereocenters. The third kappa shape index (κ3) is 6.30. The molecule has 7 nitrogen and oxygen atoms in total. The van der Waals surface area contributed by atoms with Crippen LogP contribution in [-0.2, 0) is 38.2 Å². The van der Waals surface area contributed by atoms with Crippen molar-refractivity contribution in [1.82, 2.24) is 14.5 Å². The lowest BCUT2D eigenvalue weighted by atomic mass is 10.1. The normalized spacial score (nSPS) is 18.3. The van der Waals surface area contributed by atoms with Crippen molar-refractivity contribution in [2.75, 3.05) is 13.2 Å². The second kappa shape index (κ2) is 11.6. The molecule has 2 aromatic carbocycles. The molecule has 1 aliphatic heterocycles. The molecule has 0 N–H and O–H groups in total. The Hall–Kier alpha value is -2.97. The highest BCUT2D eigenvalue weighted by atomic mass is 32.2. The summed E-state index contributed by atoms with van der Waals surface area (Å²) >= 11 is 0. The highest BCUT2D eigenvalue weighted by molar-refractivity contribution is 7.90. The first-order valence-corrected chi connectivity index (χ1v) is 14.9. The lowest BCUT2D eigenvalue weighted by Crippen LogP contribution is -2.40. The van der Waals surface area contributed by atoms with Gasteiger partial charge in [-0.15, -0.1) is 0 Å². The predicted molar refractivity (Wildman–Crippen MR) is 141 cm³/mol. The van der Waals surface area contributed by atoms with Gasteiger partial charge in [-0.1, -0.05) is 73.5 Å². The number of amides is 1. The lowest BCUT2D eigenvalue weighted by Gasteiger charge is -2.28. The van der Waals surface area contributed by atoms with E-state index in [1.54, 1.807) is 10.8 Å². The summed E-state index contributed by atoms with van der Waals surface area (Å²) < 4.78 is 34.7. The molecular weight excluding hydrogens is 486 g/mol. The summed E-state index contributed by atoms with van der Waals surface area (Å²) in [4.78, 5) is 19.9. The number of rotatable bonds is 10. The number of carbonyl (C=O) groups excluding carboxylic acids is 1. The zero-order chi connectivity index (χ0) is 25.7. The molecule has 3 aromatic rings. The SMILES string of the molecule is O=C(C1CCCC1)N(Cc1cnc(S(=O)(=O)Cc2ccccc2)n1Cc1ccccc1)C[C@H]1CCCO1. The first-order valence-electron chi connectivity index (χ1n) is 13.2. The molecule has 196 valence electrons. The molecule has 1 atom stereocenters. The molecule has 2 heterocycles. The number of carbonyl (C=O) groups is 1. The Morgan fingerprint density at radius 3 is 2.27 bits per heavy atom. The highest BCUT2D eigenvalue weighted by Crippen LogP contribution is 2.29. The van der Waals surface area contributed by atoms with E-state index in [2.05, 4.69) is 4.98 Å². The van der Waals surface area contributed by atoms with Crippen LogP contribution in [0.1, 0.15) is 55.3 Å². The van der Waals surface area contributed by atoms with Crippen molar-refractivity contribution in [1.29, 1.82) is 0 Å². The van der Waals surface area contributed by atoms with Crippen LogP contribution in [0.4, 0.5) is 0 Å². The van der Waals surface area contributed by atoms with Gasteiger partial charge in [0.05, 0.1) is 36.8 Å². The van der Waals surface area contributed by atoms with E-state index in [1.165, 1.54) is 0 Å². The maximum Gasteiger partial charge on any atom is 0.228 e. The van der Waals surface area contributed by atoms with Crippen LogP contribution in [0.5, 0.6) is 0 Å². The Morgan fingerprint density at radius 1 is 0.946 bits per heavy atom. The maximum atomic E-state index is 13.6. The van der Waals surface area contributed by atoms with E-state index in [-0.39, 0.29) is 28.8 Å². The third-order valence-electron chi connectivity index (χ3n) is 7.38. The summed E-state index contributed by atoms with van der Waals surface area (Å²) in [6, 6.07) is 18.9. The van der Waals surface area contributed by atoms with Crippen LogP contribution >= 0.6 is 0 Å². The van der Waals surface area contributed by atoms with Crippen molar-refractivity contribution < 1.29 is 17.9 Å². The molecule has 37 heavy (non-hydrogen) atoms. The van der Waals surface area contributed by atoms with Crippen LogP contribution in [0.25, 0.3) is 0 Å². The molecule has 1 saturated carbocycles. The summed E-state index contributed by atoms with van der Waals surface area (Å²) in [6.45, 7) is 1.93. The minimum atomic E-state index is -3.71. The zero-order valence-electron chi connectivity index (χ0n) is 21.2. The average Bonchev–Trinajstić information content (AvgIpc) is 3.68. The summed E-state index contributed by atoms with van der Waals surface area (Å²) in [6.07, 6.45) is 7.60. The van der Waals surface area contributed by atoms with Gasteiger partial charge >= 0.3 is 0 Å². The fourth-order valence-electron chi connectivity index (χ4n) is 5.45. The van der Waals surface area contributed by atoms with Gasteiger partial charge in [-0.05, 0) is 36.8 Å². The molecule has 0 spiro atoms. The minimum Gasteiger partial charge on any atom is -0.376 e. The number of ether oxygens (including phenoxy) is 1. The monoisotopic (exact) mass is 521 g/mol. The van der Waals surface area contributed by atoms with Crippen molar-refractivity contribution >= 4 is 15.7 Å². The Morgan fingerprint density at radius 2 is 1.62 bits per heavy atom. The van der Waals surface area contributed by atoms with Gasteiger partial charge in [-0.25, -0.2) is 13.4 Å². The highest BCUT2D eigenvalue weighted by Gasteiger charge is 2.32. The van der Waals surface area contributed by atoms with Gasteiger partial charge in [0.25, 0.3) is 0 Å². The molecule has 2 fully saturated rings. The van der Waals surface area contributed by atoms with Gasteiger partial charge in [0, 0.05) is 19.1 Å². The number of nitrogens with zero attached hydrogens (tertiary/aromatic N) is 3. The van der Waals surface area contributed by atoms with E-state index in [0.29, 0.717) is 19.6 Å². The van der Waals surface area contributed by atoms with Crippen molar-refractivity contribution in [3.05, 3.63) is 83.7 Å². The second-order valence-electron chi connectivity index (χ2n) is 10.2. The van der Waals surface area contributed by atoms with Crippen molar-refractivity contribution in [2.24, 2.45) is 5.92 Å². The van der Waals surface area contributed by atoms with E-state index >= 15 is 0 Å². The molecule has 2 aliphatic rings. The number of aromatic nitrogens is 2. The number of hydrogen-bond acceptors (Lipinski definition) is 5. The zero-order valence-corrected chi connectivity index (χ0v) is 22.0. The largest absolute Gasteiger partial charge is 0.376 e. The molecule has 5 rings (SSSR count). The topological polar surface area (TPSA) is 81.5 Å². The van der Waals surface area contributed by atoms with Gasteiger partial charge in [-0.2, -0.15) is 0 Å². The van der Waals surface area contributed by atoms with Crippen LogP contribution in [0, 0.1) is 5.92 Å².